The summed E-state index contributed by atoms with van der Waals surface area (Å²) in [6.45, 7) is 7.28. The molecule has 0 bridgehead atoms. The number of nitrogens with one attached hydrogen (secondary N) is 1. The van der Waals surface area contributed by atoms with Gasteiger partial charge in [-0.05, 0) is 26.3 Å². The molecule has 2 nitrogen and oxygen atoms in total. The first-order valence-corrected chi connectivity index (χ1v) is 6.73. The van der Waals surface area contributed by atoms with Gasteiger partial charge in [-0.15, -0.1) is 11.3 Å². The number of nitrogens with zero attached hydrogens (tertiary/aromatic N) is 1. The van der Waals surface area contributed by atoms with Crippen LogP contribution in [0.25, 0.3) is 0 Å². The zero-order chi connectivity index (χ0) is 12.3. The molecule has 1 atom stereocenters. The second-order valence-electron chi connectivity index (χ2n) is 4.38. The average molecular weight is 246 g/mol. The van der Waals surface area contributed by atoms with Gasteiger partial charge in [0.25, 0.3) is 0 Å². The topological polar surface area (TPSA) is 24.9 Å². The molecule has 2 rings (SSSR count). The summed E-state index contributed by atoms with van der Waals surface area (Å²) in [5, 5.41) is 3.54. The van der Waals surface area contributed by atoms with E-state index in [-0.39, 0.29) is 0 Å². The maximum atomic E-state index is 4.26. The van der Waals surface area contributed by atoms with Crippen LogP contribution in [0.3, 0.4) is 0 Å². The Morgan fingerprint density at radius 2 is 2.18 bits per heavy atom. The van der Waals surface area contributed by atoms with Crippen molar-refractivity contribution in [3.63, 3.8) is 0 Å². The van der Waals surface area contributed by atoms with Gasteiger partial charge >= 0.3 is 0 Å². The smallest absolute Gasteiger partial charge is 0.0798 e. The van der Waals surface area contributed by atoms with E-state index in [1.165, 1.54) is 16.0 Å². The number of hydrogen-bond donors (Lipinski definition) is 1. The Kier molecular flexibility index (Phi) is 3.92. The highest BCUT2D eigenvalue weighted by Crippen LogP contribution is 2.17. The molecule has 1 N–H and O–H groups in total. The minimum absolute atomic E-state index is 0.372. The van der Waals surface area contributed by atoms with Gasteiger partial charge in [-0.25, -0.2) is 4.98 Å². The highest BCUT2D eigenvalue weighted by atomic mass is 32.1. The first-order chi connectivity index (χ1) is 8.16. The van der Waals surface area contributed by atoms with Gasteiger partial charge < -0.3 is 5.32 Å². The van der Waals surface area contributed by atoms with Gasteiger partial charge in [0.1, 0.15) is 0 Å². The Balaban J connectivity index is 1.98. The summed E-state index contributed by atoms with van der Waals surface area (Å²) >= 11 is 1.72. The molecule has 2 aromatic rings. The summed E-state index contributed by atoms with van der Waals surface area (Å²) in [4.78, 5) is 5.58. The van der Waals surface area contributed by atoms with Crippen molar-refractivity contribution >= 4 is 11.3 Å². The van der Waals surface area contributed by atoms with E-state index in [9.17, 15) is 0 Å². The number of benzene rings is 1. The first-order valence-electron chi connectivity index (χ1n) is 5.85. The summed E-state index contributed by atoms with van der Waals surface area (Å²) in [7, 11) is 0. The van der Waals surface area contributed by atoms with Gasteiger partial charge in [0.2, 0.25) is 0 Å². The Hall–Kier alpha value is -1.19. The molecule has 0 aliphatic heterocycles. The lowest BCUT2D eigenvalue weighted by molar-refractivity contribution is 0.577. The van der Waals surface area contributed by atoms with Crippen LogP contribution in [-0.4, -0.2) is 4.98 Å². The molecule has 0 aliphatic rings. The predicted molar refractivity (Wildman–Crippen MR) is 73.3 cm³/mol. The molecule has 0 aliphatic carbocycles. The average Bonchev–Trinajstić information content (AvgIpc) is 2.72. The lowest BCUT2D eigenvalue weighted by Gasteiger charge is -2.14. The first kappa shape index (κ1) is 12.3. The second-order valence-corrected chi connectivity index (χ2v) is 5.32. The standard InChI is InChI=1S/C14H18N2S/c1-10-5-4-6-13(7-10)11(2)15-8-14-12(3)16-9-17-14/h4-7,9,11,15H,8H2,1-3H3/t11-/m1/s1. The van der Waals surface area contributed by atoms with E-state index < -0.39 is 0 Å². The van der Waals surface area contributed by atoms with Crippen LogP contribution < -0.4 is 5.32 Å². The fourth-order valence-corrected chi connectivity index (χ4v) is 2.53. The van der Waals surface area contributed by atoms with Gasteiger partial charge in [0, 0.05) is 17.5 Å². The van der Waals surface area contributed by atoms with Crippen molar-refractivity contribution in [2.75, 3.05) is 0 Å². The molecule has 17 heavy (non-hydrogen) atoms. The van der Waals surface area contributed by atoms with E-state index in [2.05, 4.69) is 55.3 Å². The molecular weight excluding hydrogens is 228 g/mol. The van der Waals surface area contributed by atoms with Crippen LogP contribution in [0, 0.1) is 13.8 Å². The third kappa shape index (κ3) is 3.14. The number of rotatable bonds is 4. The van der Waals surface area contributed by atoms with E-state index in [1.54, 1.807) is 11.3 Å². The molecule has 0 spiro atoms. The Labute approximate surface area is 107 Å². The summed E-state index contributed by atoms with van der Waals surface area (Å²) in [6, 6.07) is 9.02. The Bertz CT molecular complexity index is 490. The van der Waals surface area contributed by atoms with Crippen LogP contribution in [0.4, 0.5) is 0 Å². The van der Waals surface area contributed by atoms with Crippen molar-refractivity contribution in [1.82, 2.24) is 10.3 Å². The minimum atomic E-state index is 0.372. The third-order valence-electron chi connectivity index (χ3n) is 2.96. The molecule has 0 unspecified atom stereocenters. The maximum Gasteiger partial charge on any atom is 0.0798 e. The van der Waals surface area contributed by atoms with E-state index in [0.717, 1.165) is 12.2 Å². The van der Waals surface area contributed by atoms with Crippen molar-refractivity contribution in [2.24, 2.45) is 0 Å². The van der Waals surface area contributed by atoms with Crippen molar-refractivity contribution < 1.29 is 0 Å². The third-order valence-corrected chi connectivity index (χ3v) is 3.89. The van der Waals surface area contributed by atoms with Crippen molar-refractivity contribution in [3.8, 4) is 0 Å². The molecule has 0 amide bonds. The second kappa shape index (κ2) is 5.43. The molecule has 0 radical (unpaired) electrons. The van der Waals surface area contributed by atoms with Gasteiger partial charge in [-0.1, -0.05) is 29.8 Å². The highest BCUT2D eigenvalue weighted by molar-refractivity contribution is 7.09. The molecule has 1 aromatic carbocycles. The quantitative estimate of drug-likeness (QED) is 0.891. The summed E-state index contributed by atoms with van der Waals surface area (Å²) in [6.07, 6.45) is 0. The zero-order valence-corrected chi connectivity index (χ0v) is 11.3. The van der Waals surface area contributed by atoms with Crippen LogP contribution in [0.1, 0.15) is 34.7 Å². The number of hydrogen-bond acceptors (Lipinski definition) is 3. The molecule has 90 valence electrons. The minimum Gasteiger partial charge on any atom is -0.305 e. The molecule has 3 heteroatoms. The molecule has 0 fully saturated rings. The van der Waals surface area contributed by atoms with Gasteiger partial charge in [0.15, 0.2) is 0 Å². The van der Waals surface area contributed by atoms with E-state index in [0.29, 0.717) is 6.04 Å². The highest BCUT2D eigenvalue weighted by Gasteiger charge is 2.07. The van der Waals surface area contributed by atoms with Crippen LogP contribution in [0.15, 0.2) is 29.8 Å². The van der Waals surface area contributed by atoms with Crippen molar-refractivity contribution in [3.05, 3.63) is 51.5 Å². The maximum absolute atomic E-state index is 4.26. The van der Waals surface area contributed by atoms with Gasteiger partial charge in [-0.3, -0.25) is 0 Å². The van der Waals surface area contributed by atoms with E-state index in [4.69, 9.17) is 0 Å². The lowest BCUT2D eigenvalue weighted by atomic mass is 10.1. The number of aryl methyl sites for hydroxylation is 2. The van der Waals surface area contributed by atoms with Gasteiger partial charge in [0.05, 0.1) is 11.2 Å². The SMILES string of the molecule is Cc1cccc([C@@H](C)NCc2scnc2C)c1. The predicted octanol–water partition coefficient (Wildman–Crippen LogP) is 3.61. The van der Waals surface area contributed by atoms with Crippen molar-refractivity contribution in [2.45, 2.75) is 33.4 Å². The van der Waals surface area contributed by atoms with Crippen LogP contribution in [0.5, 0.6) is 0 Å². The van der Waals surface area contributed by atoms with Gasteiger partial charge in [-0.2, -0.15) is 0 Å². The largest absolute Gasteiger partial charge is 0.305 e. The number of aromatic nitrogens is 1. The molecule has 0 saturated heterocycles. The fraction of sp³-hybridized carbons (Fsp3) is 0.357. The lowest BCUT2D eigenvalue weighted by Crippen LogP contribution is -2.18. The van der Waals surface area contributed by atoms with Crippen molar-refractivity contribution in [1.29, 1.82) is 0 Å². The van der Waals surface area contributed by atoms with Crippen LogP contribution >= 0.6 is 11.3 Å². The molecule has 1 heterocycles. The molecule has 0 saturated carbocycles. The van der Waals surface area contributed by atoms with Crippen LogP contribution in [0.2, 0.25) is 0 Å². The summed E-state index contributed by atoms with van der Waals surface area (Å²) in [5.74, 6) is 0. The fourth-order valence-electron chi connectivity index (χ4n) is 1.80. The van der Waals surface area contributed by atoms with E-state index >= 15 is 0 Å². The number of thiazole rings is 1. The Morgan fingerprint density at radius 1 is 1.35 bits per heavy atom. The summed E-state index contributed by atoms with van der Waals surface area (Å²) in [5.41, 5.74) is 5.69. The van der Waals surface area contributed by atoms with E-state index in [1.807, 2.05) is 5.51 Å². The molecule has 1 aromatic heterocycles. The van der Waals surface area contributed by atoms with Crippen LogP contribution in [-0.2, 0) is 6.54 Å². The monoisotopic (exact) mass is 246 g/mol. The Morgan fingerprint density at radius 3 is 2.82 bits per heavy atom. The summed E-state index contributed by atoms with van der Waals surface area (Å²) < 4.78 is 0. The normalized spacial score (nSPS) is 12.6. The molecular formula is C14H18N2S. The zero-order valence-electron chi connectivity index (χ0n) is 10.5.